The van der Waals surface area contributed by atoms with E-state index in [0.29, 0.717) is 5.16 Å². The van der Waals surface area contributed by atoms with Crippen molar-refractivity contribution in [3.8, 4) is 5.69 Å². The summed E-state index contributed by atoms with van der Waals surface area (Å²) in [4.78, 5) is 27.9. The number of hydrogen-bond donors (Lipinski definition) is 1. The molecule has 1 N–H and O–H groups in total. The molecular weight excluding hydrogens is 290 g/mol. The van der Waals surface area contributed by atoms with Crippen LogP contribution in [0.25, 0.3) is 5.69 Å². The third-order valence-corrected chi connectivity index (χ3v) is 3.68. The van der Waals surface area contributed by atoms with Crippen LogP contribution in [0, 0.1) is 0 Å². The van der Waals surface area contributed by atoms with Crippen molar-refractivity contribution in [2.45, 2.75) is 5.16 Å². The molecule has 1 aromatic carbocycles. The molecule has 0 saturated heterocycles. The monoisotopic (exact) mass is 305 g/mol. The Morgan fingerprint density at radius 2 is 1.95 bits per heavy atom. The number of aliphatic carboxylic acids is 1. The molecule has 0 atom stereocenters. The largest absolute Gasteiger partial charge is 0.481 e. The van der Waals surface area contributed by atoms with Crippen molar-refractivity contribution in [3.05, 3.63) is 46.9 Å². The summed E-state index contributed by atoms with van der Waals surface area (Å²) in [6.45, 7) is 0. The first-order valence-corrected chi connectivity index (χ1v) is 7.18. The standard InChI is InChI=1S/C14H15N3O3S/c1-16(2)10-3-5-11(6-4-10)17-8-7-12(18)15-14(17)21-9-13(19)20/h3-8H,9H2,1-2H3,(H,19,20). The molecule has 0 aliphatic carbocycles. The van der Waals surface area contributed by atoms with Gasteiger partial charge in [-0.2, -0.15) is 4.98 Å². The number of carboxylic acid groups (broad SMARTS) is 1. The lowest BCUT2D eigenvalue weighted by molar-refractivity contribution is -0.133. The van der Waals surface area contributed by atoms with Gasteiger partial charge in [-0.05, 0) is 24.3 Å². The molecule has 0 radical (unpaired) electrons. The van der Waals surface area contributed by atoms with Crippen molar-refractivity contribution in [1.29, 1.82) is 0 Å². The maximum absolute atomic E-state index is 11.4. The Kier molecular flexibility index (Phi) is 4.64. The van der Waals surface area contributed by atoms with Crippen LogP contribution < -0.4 is 10.5 Å². The summed E-state index contributed by atoms with van der Waals surface area (Å²) in [6.07, 6.45) is 1.60. The molecule has 1 aromatic heterocycles. The van der Waals surface area contributed by atoms with E-state index in [4.69, 9.17) is 5.11 Å². The molecule has 0 saturated carbocycles. The van der Waals surface area contributed by atoms with Gasteiger partial charge in [0.1, 0.15) is 0 Å². The first-order valence-electron chi connectivity index (χ1n) is 6.19. The minimum Gasteiger partial charge on any atom is -0.481 e. The highest BCUT2D eigenvalue weighted by Crippen LogP contribution is 2.20. The summed E-state index contributed by atoms with van der Waals surface area (Å²) in [5, 5.41) is 9.12. The van der Waals surface area contributed by atoms with Crippen LogP contribution >= 0.6 is 11.8 Å². The molecule has 21 heavy (non-hydrogen) atoms. The summed E-state index contributed by atoms with van der Waals surface area (Å²) in [7, 11) is 3.90. The topological polar surface area (TPSA) is 75.4 Å². The van der Waals surface area contributed by atoms with E-state index in [2.05, 4.69) is 4.98 Å². The Hall–Kier alpha value is -2.28. The van der Waals surface area contributed by atoms with Gasteiger partial charge in [0.25, 0.3) is 5.56 Å². The number of rotatable bonds is 5. The second-order valence-corrected chi connectivity index (χ2v) is 5.45. The van der Waals surface area contributed by atoms with Gasteiger partial charge in [-0.3, -0.25) is 14.2 Å². The van der Waals surface area contributed by atoms with Crippen molar-refractivity contribution in [3.63, 3.8) is 0 Å². The Morgan fingerprint density at radius 1 is 1.29 bits per heavy atom. The number of anilines is 1. The van der Waals surface area contributed by atoms with Crippen LogP contribution in [0.2, 0.25) is 0 Å². The van der Waals surface area contributed by atoms with Crippen LogP contribution in [0.5, 0.6) is 0 Å². The van der Waals surface area contributed by atoms with Crippen LogP contribution in [-0.4, -0.2) is 40.5 Å². The first-order chi connectivity index (χ1) is 9.97. The zero-order chi connectivity index (χ0) is 15.4. The normalized spacial score (nSPS) is 10.4. The van der Waals surface area contributed by atoms with E-state index in [1.807, 2.05) is 43.3 Å². The predicted molar refractivity (Wildman–Crippen MR) is 82.5 cm³/mol. The smallest absolute Gasteiger partial charge is 0.313 e. The van der Waals surface area contributed by atoms with Gasteiger partial charge in [-0.15, -0.1) is 0 Å². The molecule has 0 aliphatic rings. The molecule has 110 valence electrons. The molecule has 6 nitrogen and oxygen atoms in total. The Balaban J connectivity index is 2.37. The van der Waals surface area contributed by atoms with E-state index in [1.54, 1.807) is 10.8 Å². The predicted octanol–water partition coefficient (Wildman–Crippen LogP) is 1.48. The van der Waals surface area contributed by atoms with Crippen LogP contribution in [0.4, 0.5) is 5.69 Å². The lowest BCUT2D eigenvalue weighted by Crippen LogP contribution is -2.13. The van der Waals surface area contributed by atoms with Gasteiger partial charge >= 0.3 is 5.97 Å². The second kappa shape index (κ2) is 6.45. The highest BCUT2D eigenvalue weighted by molar-refractivity contribution is 7.99. The third kappa shape index (κ3) is 3.85. The van der Waals surface area contributed by atoms with Gasteiger partial charge < -0.3 is 10.0 Å². The van der Waals surface area contributed by atoms with Crippen molar-refractivity contribution in [2.75, 3.05) is 24.7 Å². The van der Waals surface area contributed by atoms with E-state index < -0.39 is 5.97 Å². The van der Waals surface area contributed by atoms with E-state index in [0.717, 1.165) is 23.1 Å². The fourth-order valence-corrected chi connectivity index (χ4v) is 2.44. The highest BCUT2D eigenvalue weighted by atomic mass is 32.2. The Bertz CT molecular complexity index is 695. The molecule has 0 aliphatic heterocycles. The van der Waals surface area contributed by atoms with E-state index in [9.17, 15) is 9.59 Å². The number of hydrogen-bond acceptors (Lipinski definition) is 5. The fraction of sp³-hybridized carbons (Fsp3) is 0.214. The molecule has 1 heterocycles. The SMILES string of the molecule is CN(C)c1ccc(-n2ccc(=O)nc2SCC(=O)O)cc1. The van der Waals surface area contributed by atoms with Gasteiger partial charge in [0, 0.05) is 37.7 Å². The number of carbonyl (C=O) groups is 1. The molecule has 0 fully saturated rings. The van der Waals surface area contributed by atoms with Crippen LogP contribution in [0.3, 0.4) is 0 Å². The summed E-state index contributed by atoms with van der Waals surface area (Å²) < 4.78 is 1.70. The number of benzene rings is 1. The molecular formula is C14H15N3O3S. The molecule has 0 spiro atoms. The van der Waals surface area contributed by atoms with Crippen molar-refractivity contribution in [2.24, 2.45) is 0 Å². The Labute approximate surface area is 126 Å². The maximum atomic E-state index is 11.4. The van der Waals surface area contributed by atoms with Crippen LogP contribution in [0.15, 0.2) is 46.5 Å². The highest BCUT2D eigenvalue weighted by Gasteiger charge is 2.08. The molecule has 0 unspecified atom stereocenters. The third-order valence-electron chi connectivity index (χ3n) is 2.75. The van der Waals surface area contributed by atoms with Gasteiger partial charge in [0.2, 0.25) is 0 Å². The van der Waals surface area contributed by atoms with Gasteiger partial charge in [0.15, 0.2) is 5.16 Å². The van der Waals surface area contributed by atoms with E-state index >= 15 is 0 Å². The summed E-state index contributed by atoms with van der Waals surface area (Å²) in [6, 6.07) is 9.03. The average molecular weight is 305 g/mol. The number of thioether (sulfide) groups is 1. The summed E-state index contributed by atoms with van der Waals surface area (Å²) in [5.41, 5.74) is 1.48. The van der Waals surface area contributed by atoms with E-state index in [1.165, 1.54) is 6.07 Å². The Morgan fingerprint density at radius 3 is 2.52 bits per heavy atom. The lowest BCUT2D eigenvalue weighted by Gasteiger charge is -2.15. The van der Waals surface area contributed by atoms with Crippen molar-refractivity contribution < 1.29 is 9.90 Å². The average Bonchev–Trinajstić information content (AvgIpc) is 2.45. The van der Waals surface area contributed by atoms with E-state index in [-0.39, 0.29) is 11.3 Å². The lowest BCUT2D eigenvalue weighted by atomic mass is 10.2. The van der Waals surface area contributed by atoms with Crippen molar-refractivity contribution in [1.82, 2.24) is 9.55 Å². The zero-order valence-electron chi connectivity index (χ0n) is 11.7. The number of carboxylic acids is 1. The first kappa shape index (κ1) is 15.1. The van der Waals surface area contributed by atoms with Crippen LogP contribution in [0.1, 0.15) is 0 Å². The molecule has 2 aromatic rings. The molecule has 7 heteroatoms. The quantitative estimate of drug-likeness (QED) is 0.666. The van der Waals surface area contributed by atoms with Gasteiger partial charge in [-0.1, -0.05) is 11.8 Å². The minimum absolute atomic E-state index is 0.147. The van der Waals surface area contributed by atoms with Crippen molar-refractivity contribution >= 4 is 23.4 Å². The number of nitrogens with zero attached hydrogens (tertiary/aromatic N) is 3. The van der Waals surface area contributed by atoms with Gasteiger partial charge in [-0.25, -0.2) is 0 Å². The van der Waals surface area contributed by atoms with Crippen LogP contribution in [-0.2, 0) is 4.79 Å². The minimum atomic E-state index is -0.951. The molecule has 0 bridgehead atoms. The second-order valence-electron chi connectivity index (χ2n) is 4.51. The number of aromatic nitrogens is 2. The van der Waals surface area contributed by atoms with Gasteiger partial charge in [0.05, 0.1) is 5.75 Å². The summed E-state index contributed by atoms with van der Waals surface area (Å²) in [5.74, 6) is -1.10. The molecule has 2 rings (SSSR count). The maximum Gasteiger partial charge on any atom is 0.313 e. The fourth-order valence-electron chi connectivity index (χ4n) is 1.72. The zero-order valence-corrected chi connectivity index (χ0v) is 12.5. The summed E-state index contributed by atoms with van der Waals surface area (Å²) >= 11 is 1.02. The molecule has 0 amide bonds.